The molecule has 1 aliphatic carbocycles. The maximum atomic E-state index is 11.9. The van der Waals surface area contributed by atoms with Gasteiger partial charge in [0.2, 0.25) is 0 Å². The lowest BCUT2D eigenvalue weighted by Gasteiger charge is -2.15. The van der Waals surface area contributed by atoms with Crippen molar-refractivity contribution in [2.75, 3.05) is 6.61 Å². The van der Waals surface area contributed by atoms with Gasteiger partial charge in [-0.1, -0.05) is 45.1 Å². The molecular formula is C14H24O2. The summed E-state index contributed by atoms with van der Waals surface area (Å²) in [6.45, 7) is 3.84. The Morgan fingerprint density at radius 2 is 1.62 bits per heavy atom. The molecule has 2 nitrogen and oxygen atoms in total. The molecule has 1 fully saturated rings. The smallest absolute Gasteiger partial charge is 0.163 e. The largest absolute Gasteiger partial charge is 0.396 e. The van der Waals surface area contributed by atoms with Gasteiger partial charge in [-0.2, -0.15) is 0 Å². The Morgan fingerprint density at radius 3 is 2.25 bits per heavy atom. The highest BCUT2D eigenvalue weighted by atomic mass is 16.3. The minimum atomic E-state index is -0.188. The van der Waals surface area contributed by atoms with Crippen LogP contribution in [-0.4, -0.2) is 17.5 Å². The predicted molar refractivity (Wildman–Crippen MR) is 66.3 cm³/mol. The molecule has 0 unspecified atom stereocenters. The highest BCUT2D eigenvalue weighted by Crippen LogP contribution is 2.20. The SMILES string of the molecule is C=C1CCCCCCCCC[C@H](CO)C1=O. The summed E-state index contributed by atoms with van der Waals surface area (Å²) in [7, 11) is 0. The highest BCUT2D eigenvalue weighted by molar-refractivity contribution is 5.96. The van der Waals surface area contributed by atoms with E-state index in [1.807, 2.05) is 0 Å². The van der Waals surface area contributed by atoms with Crippen LogP contribution in [-0.2, 0) is 4.79 Å². The van der Waals surface area contributed by atoms with Crippen LogP contribution in [0.1, 0.15) is 57.8 Å². The number of hydrogen-bond acceptors (Lipinski definition) is 2. The third-order valence-electron chi connectivity index (χ3n) is 3.47. The number of Topliss-reactive ketones (excluding diaryl/α,β-unsaturated/α-hetero) is 1. The predicted octanol–water partition coefficient (Wildman–Crippen LogP) is 3.24. The number of allylic oxidation sites excluding steroid dienone is 1. The Labute approximate surface area is 98.7 Å². The van der Waals surface area contributed by atoms with Gasteiger partial charge in [0.25, 0.3) is 0 Å². The molecule has 1 rings (SSSR count). The minimum absolute atomic E-state index is 0.0160. The molecule has 0 radical (unpaired) electrons. The Hall–Kier alpha value is -0.630. The second-order valence-corrected chi connectivity index (χ2v) is 4.86. The molecule has 0 heterocycles. The lowest BCUT2D eigenvalue weighted by atomic mass is 9.90. The third-order valence-corrected chi connectivity index (χ3v) is 3.47. The fraction of sp³-hybridized carbons (Fsp3) is 0.786. The van der Waals surface area contributed by atoms with E-state index in [2.05, 4.69) is 6.58 Å². The van der Waals surface area contributed by atoms with Crippen molar-refractivity contribution in [3.8, 4) is 0 Å². The first kappa shape index (κ1) is 13.4. The van der Waals surface area contributed by atoms with Crippen LogP contribution in [0, 0.1) is 5.92 Å². The average molecular weight is 224 g/mol. The van der Waals surface area contributed by atoms with Gasteiger partial charge in [-0.15, -0.1) is 0 Å². The second-order valence-electron chi connectivity index (χ2n) is 4.86. The molecule has 0 aromatic rings. The zero-order valence-electron chi connectivity index (χ0n) is 10.2. The number of aliphatic hydroxyl groups excluding tert-OH is 1. The van der Waals surface area contributed by atoms with E-state index in [9.17, 15) is 9.90 Å². The molecule has 1 saturated carbocycles. The van der Waals surface area contributed by atoms with Gasteiger partial charge in [-0.25, -0.2) is 0 Å². The Kier molecular flexibility index (Phi) is 6.39. The lowest BCUT2D eigenvalue weighted by Crippen LogP contribution is -2.20. The number of carbonyl (C=O) groups is 1. The molecule has 0 amide bonds. The molecule has 0 saturated heterocycles. The number of hydrogen-bond donors (Lipinski definition) is 1. The topological polar surface area (TPSA) is 37.3 Å². The lowest BCUT2D eigenvalue weighted by molar-refractivity contribution is -0.120. The van der Waals surface area contributed by atoms with Crippen LogP contribution in [0.3, 0.4) is 0 Å². The number of carbonyl (C=O) groups excluding carboxylic acids is 1. The Morgan fingerprint density at radius 1 is 1.06 bits per heavy atom. The van der Waals surface area contributed by atoms with Gasteiger partial charge in [-0.3, -0.25) is 4.79 Å². The summed E-state index contributed by atoms with van der Waals surface area (Å²) in [5, 5.41) is 9.22. The summed E-state index contributed by atoms with van der Waals surface area (Å²) in [5.41, 5.74) is 0.722. The molecule has 0 aromatic carbocycles. The summed E-state index contributed by atoms with van der Waals surface area (Å²) in [5.74, 6) is -0.0880. The van der Waals surface area contributed by atoms with Gasteiger partial charge in [0.1, 0.15) is 0 Å². The van der Waals surface area contributed by atoms with E-state index in [1.165, 1.54) is 32.1 Å². The fourth-order valence-corrected chi connectivity index (χ4v) is 2.33. The highest BCUT2D eigenvalue weighted by Gasteiger charge is 2.19. The minimum Gasteiger partial charge on any atom is -0.396 e. The van der Waals surface area contributed by atoms with Crippen molar-refractivity contribution in [2.24, 2.45) is 5.92 Å². The standard InChI is InChI=1S/C14H24O2/c1-12-9-7-5-3-2-4-6-8-10-13(11-15)14(12)16/h13,15H,1-11H2/t13-/m1/s1. The van der Waals surface area contributed by atoms with Gasteiger partial charge in [0.15, 0.2) is 5.78 Å². The first-order valence-corrected chi connectivity index (χ1v) is 6.58. The van der Waals surface area contributed by atoms with Crippen LogP contribution >= 0.6 is 0 Å². The van der Waals surface area contributed by atoms with Crippen LogP contribution in [0.25, 0.3) is 0 Å². The average Bonchev–Trinajstić information content (AvgIpc) is 2.29. The molecular weight excluding hydrogens is 200 g/mol. The molecule has 16 heavy (non-hydrogen) atoms. The van der Waals surface area contributed by atoms with E-state index in [0.29, 0.717) is 0 Å². The quantitative estimate of drug-likeness (QED) is 0.694. The second kappa shape index (κ2) is 7.61. The Bertz CT molecular complexity index is 233. The van der Waals surface area contributed by atoms with E-state index in [4.69, 9.17) is 0 Å². The third kappa shape index (κ3) is 4.48. The van der Waals surface area contributed by atoms with Gasteiger partial charge in [0, 0.05) is 5.92 Å². The first-order chi connectivity index (χ1) is 7.75. The van der Waals surface area contributed by atoms with E-state index >= 15 is 0 Å². The fourth-order valence-electron chi connectivity index (χ4n) is 2.33. The Balaban J connectivity index is 2.51. The van der Waals surface area contributed by atoms with Crippen LogP contribution in [0.4, 0.5) is 0 Å². The van der Waals surface area contributed by atoms with Crippen molar-refractivity contribution >= 4 is 5.78 Å². The zero-order valence-corrected chi connectivity index (χ0v) is 10.2. The van der Waals surface area contributed by atoms with E-state index < -0.39 is 0 Å². The maximum Gasteiger partial charge on any atom is 0.163 e. The van der Waals surface area contributed by atoms with Gasteiger partial charge >= 0.3 is 0 Å². The summed E-state index contributed by atoms with van der Waals surface area (Å²) in [6.07, 6.45) is 10.0. The summed E-state index contributed by atoms with van der Waals surface area (Å²) < 4.78 is 0. The van der Waals surface area contributed by atoms with Gasteiger partial charge in [-0.05, 0) is 24.8 Å². The summed E-state index contributed by atoms with van der Waals surface area (Å²) in [4.78, 5) is 11.9. The van der Waals surface area contributed by atoms with E-state index in [-0.39, 0.29) is 18.3 Å². The molecule has 0 bridgehead atoms. The normalized spacial score (nSPS) is 25.9. The number of ketones is 1. The molecule has 1 aliphatic rings. The molecule has 1 atom stereocenters. The van der Waals surface area contributed by atoms with Crippen LogP contribution in [0.15, 0.2) is 12.2 Å². The van der Waals surface area contributed by atoms with E-state index in [1.54, 1.807) is 0 Å². The van der Waals surface area contributed by atoms with Crippen molar-refractivity contribution in [1.29, 1.82) is 0 Å². The van der Waals surface area contributed by atoms with Crippen molar-refractivity contribution in [3.05, 3.63) is 12.2 Å². The van der Waals surface area contributed by atoms with Crippen LogP contribution in [0.2, 0.25) is 0 Å². The summed E-state index contributed by atoms with van der Waals surface area (Å²) >= 11 is 0. The molecule has 0 aromatic heterocycles. The monoisotopic (exact) mass is 224 g/mol. The maximum absolute atomic E-state index is 11.9. The molecule has 0 spiro atoms. The number of rotatable bonds is 1. The molecule has 92 valence electrons. The summed E-state index contributed by atoms with van der Waals surface area (Å²) in [6, 6.07) is 0. The molecule has 1 N–H and O–H groups in total. The van der Waals surface area contributed by atoms with Crippen LogP contribution < -0.4 is 0 Å². The van der Waals surface area contributed by atoms with Crippen molar-refractivity contribution in [3.63, 3.8) is 0 Å². The van der Waals surface area contributed by atoms with E-state index in [0.717, 1.165) is 31.3 Å². The van der Waals surface area contributed by atoms with Gasteiger partial charge < -0.3 is 5.11 Å². The van der Waals surface area contributed by atoms with Crippen molar-refractivity contribution in [2.45, 2.75) is 57.8 Å². The van der Waals surface area contributed by atoms with Gasteiger partial charge in [0.05, 0.1) is 6.61 Å². The zero-order chi connectivity index (χ0) is 11.8. The van der Waals surface area contributed by atoms with Crippen molar-refractivity contribution in [1.82, 2.24) is 0 Å². The molecule has 2 heteroatoms. The van der Waals surface area contributed by atoms with Crippen LogP contribution in [0.5, 0.6) is 0 Å². The van der Waals surface area contributed by atoms with Crippen molar-refractivity contribution < 1.29 is 9.90 Å². The first-order valence-electron chi connectivity index (χ1n) is 6.58. The number of aliphatic hydroxyl groups is 1. The molecule has 0 aliphatic heterocycles.